The summed E-state index contributed by atoms with van der Waals surface area (Å²) in [7, 11) is 0. The van der Waals surface area contributed by atoms with E-state index in [0.29, 0.717) is 51.3 Å². The van der Waals surface area contributed by atoms with E-state index >= 15 is 0 Å². The van der Waals surface area contributed by atoms with Crippen LogP contribution in [-0.2, 0) is 28.7 Å². The first-order valence-corrected chi connectivity index (χ1v) is 14.5. The molecule has 0 bridgehead atoms. The first-order chi connectivity index (χ1) is 18.9. The molecule has 0 spiro atoms. The molecule has 5 amide bonds. The Kier molecular flexibility index (Phi) is 10.9. The van der Waals surface area contributed by atoms with Crippen molar-refractivity contribution >= 4 is 35.5 Å². The highest BCUT2D eigenvalue weighted by atomic mass is 16.5. The summed E-state index contributed by atoms with van der Waals surface area (Å²) in [6, 6.07) is -3.44. The van der Waals surface area contributed by atoms with Crippen LogP contribution in [0.2, 0.25) is 0 Å². The van der Waals surface area contributed by atoms with Crippen molar-refractivity contribution in [1.82, 2.24) is 26.2 Å². The van der Waals surface area contributed by atoms with Crippen molar-refractivity contribution in [3.63, 3.8) is 0 Å². The third-order valence-corrected chi connectivity index (χ3v) is 7.46. The number of urea groups is 1. The van der Waals surface area contributed by atoms with Crippen LogP contribution in [-0.4, -0.2) is 84.8 Å². The minimum Gasteiger partial charge on any atom is -0.464 e. The fourth-order valence-electron chi connectivity index (χ4n) is 4.67. The maximum Gasteiger partial charge on any atom is 0.325 e. The minimum absolute atomic E-state index is 0.286. The average Bonchev–Trinajstić information content (AvgIpc) is 3.84. The van der Waals surface area contributed by atoms with E-state index in [4.69, 9.17) is 4.74 Å². The molecule has 3 aliphatic rings. The Bertz CT molecular complexity index is 971. The Hall–Kier alpha value is -3.18. The summed E-state index contributed by atoms with van der Waals surface area (Å²) in [5.74, 6) is -2.15. The molecular weight excluding hydrogens is 518 g/mol. The zero-order valence-corrected chi connectivity index (χ0v) is 24.2. The summed E-state index contributed by atoms with van der Waals surface area (Å²) in [4.78, 5) is 78.1. The molecule has 3 rings (SSSR count). The van der Waals surface area contributed by atoms with Crippen LogP contribution in [0.4, 0.5) is 4.79 Å². The van der Waals surface area contributed by atoms with E-state index in [0.717, 1.165) is 25.7 Å². The number of ketones is 1. The van der Waals surface area contributed by atoms with E-state index in [1.807, 2.05) is 6.92 Å². The predicted octanol–water partition coefficient (Wildman–Crippen LogP) is 1.02. The molecule has 2 saturated carbocycles. The van der Waals surface area contributed by atoms with Gasteiger partial charge in [-0.15, -0.1) is 0 Å². The van der Waals surface area contributed by atoms with Crippen LogP contribution >= 0.6 is 0 Å². The van der Waals surface area contributed by atoms with Gasteiger partial charge in [0.05, 0.1) is 12.6 Å². The number of rotatable bonds is 14. The Morgan fingerprint density at radius 3 is 2.20 bits per heavy atom. The first kappa shape index (κ1) is 31.3. The van der Waals surface area contributed by atoms with Crippen molar-refractivity contribution in [3.05, 3.63) is 0 Å². The van der Waals surface area contributed by atoms with Gasteiger partial charge in [0.25, 0.3) is 5.91 Å². The second-order valence-corrected chi connectivity index (χ2v) is 12.3. The number of ether oxygens (including phenoxy) is 1. The van der Waals surface area contributed by atoms with Crippen LogP contribution in [0.15, 0.2) is 0 Å². The molecule has 1 heterocycles. The summed E-state index contributed by atoms with van der Waals surface area (Å²) in [6.07, 6.45) is 6.03. The maximum absolute atomic E-state index is 13.7. The molecule has 224 valence electrons. The molecule has 3 atom stereocenters. The molecule has 1 aliphatic heterocycles. The lowest BCUT2D eigenvalue weighted by Gasteiger charge is -2.35. The van der Waals surface area contributed by atoms with Crippen molar-refractivity contribution in [2.45, 2.75) is 97.2 Å². The summed E-state index contributed by atoms with van der Waals surface area (Å²) in [5, 5.41) is 10.4. The van der Waals surface area contributed by atoms with Crippen molar-refractivity contribution in [2.75, 3.05) is 26.2 Å². The van der Waals surface area contributed by atoms with Gasteiger partial charge in [-0.3, -0.25) is 24.0 Å². The van der Waals surface area contributed by atoms with Crippen LogP contribution in [0.1, 0.15) is 79.1 Å². The number of nitrogens with one attached hydrogen (secondary N) is 4. The number of hydrogen-bond donors (Lipinski definition) is 4. The van der Waals surface area contributed by atoms with Crippen molar-refractivity contribution in [1.29, 1.82) is 0 Å². The van der Waals surface area contributed by atoms with Gasteiger partial charge in [-0.25, -0.2) is 4.79 Å². The number of Topliss-reactive ketones (excluding diaryl/α,β-unsaturated/α-hetero) is 1. The predicted molar refractivity (Wildman–Crippen MR) is 146 cm³/mol. The van der Waals surface area contributed by atoms with E-state index < -0.39 is 59.0 Å². The number of carbonyl (C=O) groups excluding carboxylic acids is 6. The molecule has 2 aliphatic carbocycles. The number of amides is 5. The highest BCUT2D eigenvalue weighted by Gasteiger charge is 2.43. The van der Waals surface area contributed by atoms with Gasteiger partial charge < -0.3 is 30.9 Å². The normalized spacial score (nSPS) is 20.2. The van der Waals surface area contributed by atoms with E-state index in [9.17, 15) is 28.8 Å². The zero-order chi connectivity index (χ0) is 29.4. The second-order valence-electron chi connectivity index (χ2n) is 12.3. The Balaban J connectivity index is 1.61. The molecule has 40 heavy (non-hydrogen) atoms. The molecule has 0 aromatic heterocycles. The fourth-order valence-corrected chi connectivity index (χ4v) is 4.67. The minimum atomic E-state index is -0.980. The average molecular weight is 564 g/mol. The van der Waals surface area contributed by atoms with Gasteiger partial charge >= 0.3 is 12.0 Å². The number of likely N-dealkylation sites (tertiary alicyclic amines) is 1. The van der Waals surface area contributed by atoms with Gasteiger partial charge in [-0.05, 0) is 55.8 Å². The molecule has 12 heteroatoms. The number of carbonyl (C=O) groups is 6. The highest BCUT2D eigenvalue weighted by molar-refractivity contribution is 6.38. The second kappa shape index (κ2) is 13.9. The third kappa shape index (κ3) is 9.48. The molecule has 0 aromatic carbocycles. The molecule has 0 aromatic rings. The van der Waals surface area contributed by atoms with Gasteiger partial charge in [0.15, 0.2) is 0 Å². The summed E-state index contributed by atoms with van der Waals surface area (Å²) in [5.41, 5.74) is -0.702. The third-order valence-electron chi connectivity index (χ3n) is 7.46. The molecule has 12 nitrogen and oxygen atoms in total. The van der Waals surface area contributed by atoms with E-state index in [2.05, 4.69) is 21.3 Å². The van der Waals surface area contributed by atoms with Gasteiger partial charge in [0.2, 0.25) is 17.6 Å². The van der Waals surface area contributed by atoms with Crippen molar-refractivity contribution < 1.29 is 33.5 Å². The van der Waals surface area contributed by atoms with Crippen LogP contribution in [0.3, 0.4) is 0 Å². The first-order valence-electron chi connectivity index (χ1n) is 14.5. The highest BCUT2D eigenvalue weighted by Crippen LogP contribution is 2.34. The van der Waals surface area contributed by atoms with Gasteiger partial charge in [-0.1, -0.05) is 40.5 Å². The molecule has 2 unspecified atom stereocenters. The van der Waals surface area contributed by atoms with Crippen LogP contribution in [0.25, 0.3) is 0 Å². The van der Waals surface area contributed by atoms with Crippen LogP contribution in [0.5, 0.6) is 0 Å². The Labute approximate surface area is 236 Å². The number of nitrogens with zero attached hydrogens (tertiary/aromatic N) is 1. The van der Waals surface area contributed by atoms with Crippen molar-refractivity contribution in [2.24, 2.45) is 17.3 Å². The Morgan fingerprint density at radius 2 is 1.60 bits per heavy atom. The standard InChI is InChI=1S/C28H45N5O7/c1-5-12-29-25(37)22(35)19(14-17-8-9-17)31-24(36)20-7-6-13-33(20)26(38)23(28(2,3)4)32-27(39)30-15-21(34)40-16-18-10-11-18/h17-20,23H,5-16H2,1-4H3,(H,29,37)(H,31,36)(H2,30,32,39)/t19?,20-,23?/m0/s1. The van der Waals surface area contributed by atoms with E-state index in [1.165, 1.54) is 4.90 Å². The molecule has 0 radical (unpaired) electrons. The van der Waals surface area contributed by atoms with Gasteiger partial charge in [0.1, 0.15) is 18.6 Å². The van der Waals surface area contributed by atoms with E-state index in [-0.39, 0.29) is 12.5 Å². The molecular formula is C28H45N5O7. The molecule has 4 N–H and O–H groups in total. The number of esters is 1. The van der Waals surface area contributed by atoms with Crippen molar-refractivity contribution in [3.8, 4) is 0 Å². The lowest BCUT2D eigenvalue weighted by atomic mass is 9.85. The summed E-state index contributed by atoms with van der Waals surface area (Å²) in [6.45, 7) is 7.99. The SMILES string of the molecule is CCCNC(=O)C(=O)C(CC1CC1)NC(=O)[C@@H]1CCCN1C(=O)C(NC(=O)NCC(=O)OCC1CC1)C(C)(C)C. The smallest absolute Gasteiger partial charge is 0.325 e. The summed E-state index contributed by atoms with van der Waals surface area (Å²) >= 11 is 0. The topological polar surface area (TPSA) is 163 Å². The quantitative estimate of drug-likeness (QED) is 0.181. The largest absolute Gasteiger partial charge is 0.464 e. The number of hydrogen-bond acceptors (Lipinski definition) is 7. The van der Waals surface area contributed by atoms with Crippen LogP contribution < -0.4 is 21.3 Å². The molecule has 1 saturated heterocycles. The van der Waals surface area contributed by atoms with E-state index in [1.54, 1.807) is 20.8 Å². The lowest BCUT2D eigenvalue weighted by Crippen LogP contribution is -2.60. The fraction of sp³-hybridized carbons (Fsp3) is 0.786. The summed E-state index contributed by atoms with van der Waals surface area (Å²) < 4.78 is 5.12. The monoisotopic (exact) mass is 563 g/mol. The lowest BCUT2D eigenvalue weighted by molar-refractivity contribution is -0.144. The zero-order valence-electron chi connectivity index (χ0n) is 24.2. The molecule has 3 fully saturated rings. The maximum atomic E-state index is 13.7. The van der Waals surface area contributed by atoms with Crippen LogP contribution in [0, 0.1) is 17.3 Å². The Morgan fingerprint density at radius 1 is 0.925 bits per heavy atom. The van der Waals surface area contributed by atoms with Gasteiger partial charge in [0, 0.05) is 13.1 Å². The van der Waals surface area contributed by atoms with Gasteiger partial charge in [-0.2, -0.15) is 0 Å².